The first-order valence-corrected chi connectivity index (χ1v) is 5.26. The molecule has 0 aromatic rings. The molecule has 3 atom stereocenters. The molecule has 0 aliphatic carbocycles. The van der Waals surface area contributed by atoms with Gasteiger partial charge in [0.1, 0.15) is 6.04 Å². The molecule has 1 amide bonds. The van der Waals surface area contributed by atoms with Gasteiger partial charge in [0.15, 0.2) is 0 Å². The molecule has 3 N–H and O–H groups in total. The average molecular weight is 267 g/mol. The number of hydrogen-bond acceptors (Lipinski definition) is 4. The van der Waals surface area contributed by atoms with Gasteiger partial charge in [-0.1, -0.05) is 0 Å². The molecule has 1 rings (SSSR count). The summed E-state index contributed by atoms with van der Waals surface area (Å²) >= 11 is 0. The van der Waals surface area contributed by atoms with Crippen LogP contribution in [-0.4, -0.2) is 49.3 Å². The van der Waals surface area contributed by atoms with Crippen molar-refractivity contribution in [1.82, 2.24) is 10.6 Å². The van der Waals surface area contributed by atoms with Crippen molar-refractivity contribution in [3.05, 3.63) is 0 Å². The van der Waals surface area contributed by atoms with E-state index in [4.69, 9.17) is 9.84 Å². The number of carboxylic acids is 1. The summed E-state index contributed by atoms with van der Waals surface area (Å²) in [5.74, 6) is -0.846. The van der Waals surface area contributed by atoms with Gasteiger partial charge in [-0.25, -0.2) is 0 Å². The third-order valence-corrected chi connectivity index (χ3v) is 2.77. The van der Waals surface area contributed by atoms with E-state index in [0.29, 0.717) is 19.6 Å². The minimum Gasteiger partial charge on any atom is -0.480 e. The van der Waals surface area contributed by atoms with Gasteiger partial charge in [-0.2, -0.15) is 0 Å². The van der Waals surface area contributed by atoms with Gasteiger partial charge < -0.3 is 15.2 Å². The zero-order valence-electron chi connectivity index (χ0n) is 9.93. The van der Waals surface area contributed by atoms with Crippen molar-refractivity contribution >= 4 is 24.3 Å². The molecule has 0 radical (unpaired) electrons. The van der Waals surface area contributed by atoms with E-state index in [0.717, 1.165) is 0 Å². The average Bonchev–Trinajstić information content (AvgIpc) is 2.59. The summed E-state index contributed by atoms with van der Waals surface area (Å²) in [6.45, 7) is 2.38. The van der Waals surface area contributed by atoms with Crippen LogP contribution in [0.25, 0.3) is 0 Å². The summed E-state index contributed by atoms with van der Waals surface area (Å²) in [4.78, 5) is 21.6. The molecular formula is C10H19ClN2O4. The van der Waals surface area contributed by atoms with Gasteiger partial charge in [0.05, 0.1) is 6.61 Å². The second kappa shape index (κ2) is 7.47. The van der Waals surface area contributed by atoms with Crippen molar-refractivity contribution in [2.75, 3.05) is 20.3 Å². The van der Waals surface area contributed by atoms with E-state index in [9.17, 15) is 9.59 Å². The second-order valence-electron chi connectivity index (χ2n) is 4.05. The highest BCUT2D eigenvalue weighted by atomic mass is 35.5. The van der Waals surface area contributed by atoms with Crippen LogP contribution in [0.15, 0.2) is 0 Å². The van der Waals surface area contributed by atoms with E-state index < -0.39 is 12.0 Å². The van der Waals surface area contributed by atoms with Gasteiger partial charge in [0.25, 0.3) is 0 Å². The summed E-state index contributed by atoms with van der Waals surface area (Å²) in [6, 6.07) is -0.580. The molecule has 6 nitrogen and oxygen atoms in total. The van der Waals surface area contributed by atoms with E-state index in [1.54, 1.807) is 7.11 Å². The van der Waals surface area contributed by atoms with E-state index in [2.05, 4.69) is 10.6 Å². The minimum atomic E-state index is -0.855. The minimum absolute atomic E-state index is 0. The van der Waals surface area contributed by atoms with Crippen molar-refractivity contribution in [3.8, 4) is 0 Å². The fraction of sp³-hybridized carbons (Fsp3) is 0.800. The monoisotopic (exact) mass is 266 g/mol. The molecule has 1 aliphatic heterocycles. The summed E-state index contributed by atoms with van der Waals surface area (Å²) in [7, 11) is 1.59. The first-order valence-electron chi connectivity index (χ1n) is 5.26. The van der Waals surface area contributed by atoms with Crippen LogP contribution >= 0.6 is 12.4 Å². The highest BCUT2D eigenvalue weighted by Crippen LogP contribution is 2.20. The standard InChI is InChI=1S/C10H18N2O4.ClH/c1-6(13)11-4-9-7(5-16-2)3-8(12-9)10(14)15;/h7-9,12H,3-5H2,1-2H3,(H,11,13)(H,14,15);1H. The van der Waals surface area contributed by atoms with Gasteiger partial charge in [-0.15, -0.1) is 12.4 Å². The number of hydrogen-bond donors (Lipinski definition) is 3. The van der Waals surface area contributed by atoms with Gasteiger partial charge in [0, 0.05) is 32.5 Å². The van der Waals surface area contributed by atoms with Gasteiger partial charge in [0.2, 0.25) is 5.91 Å². The lowest BCUT2D eigenvalue weighted by Gasteiger charge is -2.18. The van der Waals surface area contributed by atoms with Crippen molar-refractivity contribution in [3.63, 3.8) is 0 Å². The van der Waals surface area contributed by atoms with E-state index >= 15 is 0 Å². The Balaban J connectivity index is 0.00000256. The number of methoxy groups -OCH3 is 1. The fourth-order valence-corrected chi connectivity index (χ4v) is 1.98. The first kappa shape index (κ1) is 16.1. The number of ether oxygens (including phenoxy) is 1. The van der Waals surface area contributed by atoms with Crippen molar-refractivity contribution in [2.45, 2.75) is 25.4 Å². The predicted octanol–water partition coefficient (Wildman–Crippen LogP) is -0.378. The number of carbonyl (C=O) groups is 2. The molecule has 0 spiro atoms. The Labute approximate surface area is 107 Å². The molecule has 3 unspecified atom stereocenters. The Morgan fingerprint density at radius 3 is 2.65 bits per heavy atom. The number of aliphatic carboxylic acids is 1. The molecule has 0 saturated carbocycles. The molecule has 0 aromatic carbocycles. The second-order valence-corrected chi connectivity index (χ2v) is 4.05. The number of carbonyl (C=O) groups excluding carboxylic acids is 1. The van der Waals surface area contributed by atoms with Crippen LogP contribution in [0.5, 0.6) is 0 Å². The summed E-state index contributed by atoms with van der Waals surface area (Å²) in [5, 5.41) is 14.6. The molecule has 1 aliphatic rings. The molecule has 1 saturated heterocycles. The Hall–Kier alpha value is -0.850. The van der Waals surface area contributed by atoms with E-state index in [1.807, 2.05) is 0 Å². The number of rotatable bonds is 5. The topological polar surface area (TPSA) is 87.7 Å². The van der Waals surface area contributed by atoms with Crippen LogP contribution in [0.3, 0.4) is 0 Å². The third kappa shape index (κ3) is 4.89. The lowest BCUT2D eigenvalue weighted by Crippen LogP contribution is -2.44. The summed E-state index contributed by atoms with van der Waals surface area (Å²) in [5.41, 5.74) is 0. The van der Waals surface area contributed by atoms with Gasteiger partial charge in [-0.05, 0) is 6.42 Å². The van der Waals surface area contributed by atoms with Gasteiger partial charge in [-0.3, -0.25) is 14.9 Å². The maximum Gasteiger partial charge on any atom is 0.320 e. The number of carboxylic acid groups (broad SMARTS) is 1. The van der Waals surface area contributed by atoms with Crippen LogP contribution in [-0.2, 0) is 14.3 Å². The van der Waals surface area contributed by atoms with Crippen molar-refractivity contribution in [1.29, 1.82) is 0 Å². The Bertz CT molecular complexity index is 275. The Morgan fingerprint density at radius 2 is 2.18 bits per heavy atom. The highest BCUT2D eigenvalue weighted by Gasteiger charge is 2.36. The highest BCUT2D eigenvalue weighted by molar-refractivity contribution is 5.85. The predicted molar refractivity (Wildman–Crippen MR) is 64.3 cm³/mol. The summed E-state index contributed by atoms with van der Waals surface area (Å²) < 4.78 is 5.05. The molecule has 1 heterocycles. The number of nitrogens with one attached hydrogen (secondary N) is 2. The van der Waals surface area contributed by atoms with Crippen LogP contribution < -0.4 is 10.6 Å². The maximum atomic E-state index is 10.8. The molecule has 17 heavy (non-hydrogen) atoms. The fourth-order valence-electron chi connectivity index (χ4n) is 1.98. The molecule has 0 bridgehead atoms. The van der Waals surface area contributed by atoms with Crippen LogP contribution in [0.1, 0.15) is 13.3 Å². The lowest BCUT2D eigenvalue weighted by atomic mass is 10.00. The van der Waals surface area contributed by atoms with Crippen LogP contribution in [0.4, 0.5) is 0 Å². The van der Waals surface area contributed by atoms with Crippen molar-refractivity contribution in [2.24, 2.45) is 5.92 Å². The number of halogens is 1. The van der Waals surface area contributed by atoms with Gasteiger partial charge >= 0.3 is 5.97 Å². The normalized spacial score (nSPS) is 27.3. The molecule has 7 heteroatoms. The summed E-state index contributed by atoms with van der Waals surface area (Å²) in [6.07, 6.45) is 0.535. The zero-order valence-corrected chi connectivity index (χ0v) is 10.8. The Morgan fingerprint density at radius 1 is 1.53 bits per heavy atom. The largest absolute Gasteiger partial charge is 0.480 e. The van der Waals surface area contributed by atoms with Crippen molar-refractivity contribution < 1.29 is 19.4 Å². The Kier molecular flexibility index (Phi) is 7.10. The van der Waals surface area contributed by atoms with E-state index in [1.165, 1.54) is 6.92 Å². The number of amides is 1. The molecular weight excluding hydrogens is 248 g/mol. The smallest absolute Gasteiger partial charge is 0.320 e. The maximum absolute atomic E-state index is 10.8. The van der Waals surface area contributed by atoms with Crippen LogP contribution in [0.2, 0.25) is 0 Å². The molecule has 100 valence electrons. The SMILES string of the molecule is COCC1CC(C(=O)O)NC1CNC(C)=O.Cl. The van der Waals surface area contributed by atoms with E-state index in [-0.39, 0.29) is 30.3 Å². The molecule has 0 aromatic heterocycles. The quantitative estimate of drug-likeness (QED) is 0.632. The molecule has 1 fully saturated rings. The zero-order chi connectivity index (χ0) is 12.1. The third-order valence-electron chi connectivity index (χ3n) is 2.77. The van der Waals surface area contributed by atoms with Crippen LogP contribution in [0, 0.1) is 5.92 Å². The lowest BCUT2D eigenvalue weighted by molar-refractivity contribution is -0.139. The first-order chi connectivity index (χ1) is 7.54.